The van der Waals surface area contributed by atoms with Crippen molar-refractivity contribution in [2.45, 2.75) is 32.9 Å². The van der Waals surface area contributed by atoms with Crippen LogP contribution in [-0.4, -0.2) is 28.1 Å². The summed E-state index contributed by atoms with van der Waals surface area (Å²) in [7, 11) is 0. The molecule has 0 saturated carbocycles. The van der Waals surface area contributed by atoms with Gasteiger partial charge in [0.05, 0.1) is 17.9 Å². The van der Waals surface area contributed by atoms with E-state index in [1.54, 1.807) is 6.20 Å². The highest BCUT2D eigenvalue weighted by molar-refractivity contribution is 6.30. The summed E-state index contributed by atoms with van der Waals surface area (Å²) in [6, 6.07) is 7.44. The molecule has 0 aliphatic heterocycles. The number of halogens is 1. The summed E-state index contributed by atoms with van der Waals surface area (Å²) in [5, 5.41) is 12.3. The van der Waals surface area contributed by atoms with Crippen molar-refractivity contribution < 1.29 is 4.74 Å². The Bertz CT molecular complexity index is 541. The van der Waals surface area contributed by atoms with E-state index in [1.165, 1.54) is 0 Å². The Balaban J connectivity index is 2.04. The zero-order valence-corrected chi connectivity index (χ0v) is 13.2. The van der Waals surface area contributed by atoms with Crippen molar-refractivity contribution in [1.82, 2.24) is 20.3 Å². The molecule has 21 heavy (non-hydrogen) atoms. The molecule has 1 heterocycles. The molecule has 114 valence electrons. The Kier molecular flexibility index (Phi) is 6.02. The van der Waals surface area contributed by atoms with Gasteiger partial charge in [0.2, 0.25) is 0 Å². The molecule has 2 rings (SSSR count). The number of hydrogen-bond acceptors (Lipinski definition) is 4. The van der Waals surface area contributed by atoms with Crippen molar-refractivity contribution in [2.24, 2.45) is 0 Å². The van der Waals surface area contributed by atoms with E-state index in [1.807, 2.05) is 28.9 Å². The van der Waals surface area contributed by atoms with Gasteiger partial charge < -0.3 is 10.1 Å². The predicted octanol–water partition coefficient (Wildman–Crippen LogP) is 3.07. The monoisotopic (exact) mass is 308 g/mol. The van der Waals surface area contributed by atoms with Gasteiger partial charge in [-0.3, -0.25) is 0 Å². The van der Waals surface area contributed by atoms with Crippen LogP contribution in [0, 0.1) is 0 Å². The summed E-state index contributed by atoms with van der Waals surface area (Å²) in [5.41, 5.74) is 1.05. The molecule has 0 saturated heterocycles. The Morgan fingerprint density at radius 2 is 2.05 bits per heavy atom. The minimum atomic E-state index is 0.0622. The van der Waals surface area contributed by atoms with E-state index in [-0.39, 0.29) is 6.04 Å². The molecule has 1 aromatic carbocycles. The van der Waals surface area contributed by atoms with E-state index in [9.17, 15) is 0 Å². The van der Waals surface area contributed by atoms with Gasteiger partial charge >= 0.3 is 0 Å². The number of benzene rings is 1. The smallest absolute Gasteiger partial charge is 0.119 e. The fourth-order valence-corrected chi connectivity index (χ4v) is 2.25. The van der Waals surface area contributed by atoms with Crippen LogP contribution in [0.5, 0.6) is 5.75 Å². The molecule has 1 aromatic heterocycles. The topological polar surface area (TPSA) is 52.0 Å². The summed E-state index contributed by atoms with van der Waals surface area (Å²) in [6.45, 7) is 6.43. The molecule has 0 radical (unpaired) electrons. The van der Waals surface area contributed by atoms with Crippen LogP contribution in [0.1, 0.15) is 32.0 Å². The lowest BCUT2D eigenvalue weighted by molar-refractivity contribution is 0.260. The highest BCUT2D eigenvalue weighted by Gasteiger charge is 2.16. The SMILES string of the molecule is CCCn1nncc1C(COc1ccc(Cl)cc1)NCC. The van der Waals surface area contributed by atoms with E-state index in [2.05, 4.69) is 29.5 Å². The Morgan fingerprint density at radius 1 is 1.29 bits per heavy atom. The Morgan fingerprint density at radius 3 is 2.71 bits per heavy atom. The number of aryl methyl sites for hydroxylation is 1. The number of hydrogen-bond donors (Lipinski definition) is 1. The minimum Gasteiger partial charge on any atom is -0.492 e. The van der Waals surface area contributed by atoms with Crippen LogP contribution in [-0.2, 0) is 6.54 Å². The Hall–Kier alpha value is -1.59. The third kappa shape index (κ3) is 4.44. The summed E-state index contributed by atoms with van der Waals surface area (Å²) < 4.78 is 7.77. The normalized spacial score (nSPS) is 12.3. The van der Waals surface area contributed by atoms with Gasteiger partial charge in [-0.2, -0.15) is 0 Å². The molecular weight excluding hydrogens is 288 g/mol. The van der Waals surface area contributed by atoms with E-state index in [4.69, 9.17) is 16.3 Å². The van der Waals surface area contributed by atoms with Crippen molar-refractivity contribution in [1.29, 1.82) is 0 Å². The molecule has 1 atom stereocenters. The van der Waals surface area contributed by atoms with Crippen molar-refractivity contribution in [2.75, 3.05) is 13.2 Å². The fourth-order valence-electron chi connectivity index (χ4n) is 2.13. The molecular formula is C15H21ClN4O. The molecule has 6 heteroatoms. The first-order valence-corrected chi connectivity index (χ1v) is 7.62. The van der Waals surface area contributed by atoms with Gasteiger partial charge in [0.1, 0.15) is 12.4 Å². The van der Waals surface area contributed by atoms with Crippen molar-refractivity contribution in [3.63, 3.8) is 0 Å². The first-order valence-electron chi connectivity index (χ1n) is 7.24. The molecule has 0 aliphatic carbocycles. The summed E-state index contributed by atoms with van der Waals surface area (Å²) in [5.74, 6) is 0.803. The molecule has 0 spiro atoms. The van der Waals surface area contributed by atoms with Crippen LogP contribution in [0.3, 0.4) is 0 Å². The third-order valence-corrected chi connectivity index (χ3v) is 3.37. The average molecular weight is 309 g/mol. The highest BCUT2D eigenvalue weighted by Crippen LogP contribution is 2.18. The zero-order chi connectivity index (χ0) is 15.1. The van der Waals surface area contributed by atoms with Crippen LogP contribution in [0.2, 0.25) is 5.02 Å². The van der Waals surface area contributed by atoms with Gasteiger partial charge in [0.25, 0.3) is 0 Å². The lowest BCUT2D eigenvalue weighted by atomic mass is 10.2. The second-order valence-corrected chi connectivity index (χ2v) is 5.19. The maximum absolute atomic E-state index is 5.87. The lowest BCUT2D eigenvalue weighted by Gasteiger charge is -2.19. The second kappa shape index (κ2) is 8.00. The summed E-state index contributed by atoms with van der Waals surface area (Å²) in [6.07, 6.45) is 2.82. The van der Waals surface area contributed by atoms with Gasteiger partial charge in [-0.1, -0.05) is 30.7 Å². The molecule has 0 fully saturated rings. The number of aromatic nitrogens is 3. The van der Waals surface area contributed by atoms with Gasteiger partial charge in [0, 0.05) is 11.6 Å². The molecule has 5 nitrogen and oxygen atoms in total. The van der Waals surface area contributed by atoms with Crippen molar-refractivity contribution in [3.05, 3.63) is 41.2 Å². The van der Waals surface area contributed by atoms with Crippen LogP contribution < -0.4 is 10.1 Å². The molecule has 1 N–H and O–H groups in total. The van der Waals surface area contributed by atoms with Crippen LogP contribution >= 0.6 is 11.6 Å². The zero-order valence-electron chi connectivity index (χ0n) is 12.4. The molecule has 0 bridgehead atoms. The van der Waals surface area contributed by atoms with Crippen LogP contribution in [0.4, 0.5) is 0 Å². The largest absolute Gasteiger partial charge is 0.492 e. The maximum atomic E-state index is 5.87. The average Bonchev–Trinajstić information content (AvgIpc) is 2.94. The number of likely N-dealkylation sites (N-methyl/N-ethyl adjacent to an activating group) is 1. The molecule has 0 aliphatic rings. The maximum Gasteiger partial charge on any atom is 0.119 e. The van der Waals surface area contributed by atoms with Gasteiger partial charge in [-0.05, 0) is 37.2 Å². The summed E-state index contributed by atoms with van der Waals surface area (Å²) >= 11 is 5.87. The van der Waals surface area contributed by atoms with E-state index in [0.717, 1.165) is 31.0 Å². The van der Waals surface area contributed by atoms with Crippen molar-refractivity contribution >= 4 is 11.6 Å². The van der Waals surface area contributed by atoms with Crippen molar-refractivity contribution in [3.8, 4) is 5.75 Å². The molecule has 2 aromatic rings. The van der Waals surface area contributed by atoms with E-state index in [0.29, 0.717) is 11.6 Å². The Labute approximate surface area is 130 Å². The fraction of sp³-hybridized carbons (Fsp3) is 0.467. The quantitative estimate of drug-likeness (QED) is 0.814. The predicted molar refractivity (Wildman–Crippen MR) is 83.7 cm³/mol. The number of nitrogens with zero attached hydrogens (tertiary/aromatic N) is 3. The lowest BCUT2D eigenvalue weighted by Crippen LogP contribution is -2.29. The number of nitrogens with one attached hydrogen (secondary N) is 1. The van der Waals surface area contributed by atoms with Crippen LogP contribution in [0.15, 0.2) is 30.5 Å². The third-order valence-electron chi connectivity index (χ3n) is 3.12. The second-order valence-electron chi connectivity index (χ2n) is 4.76. The standard InChI is InChI=1S/C15H21ClN4O/c1-3-9-20-15(10-18-19-20)14(17-4-2)11-21-13-7-5-12(16)6-8-13/h5-8,10,14,17H,3-4,9,11H2,1-2H3. The van der Waals surface area contributed by atoms with Gasteiger partial charge in [-0.15, -0.1) is 5.10 Å². The van der Waals surface area contributed by atoms with Gasteiger partial charge in [-0.25, -0.2) is 4.68 Å². The number of rotatable bonds is 8. The summed E-state index contributed by atoms with van der Waals surface area (Å²) in [4.78, 5) is 0. The highest BCUT2D eigenvalue weighted by atomic mass is 35.5. The minimum absolute atomic E-state index is 0.0622. The first-order chi connectivity index (χ1) is 10.2. The number of ether oxygens (including phenoxy) is 1. The molecule has 0 amide bonds. The van der Waals surface area contributed by atoms with Crippen LogP contribution in [0.25, 0.3) is 0 Å². The molecule has 1 unspecified atom stereocenters. The van der Waals surface area contributed by atoms with E-state index >= 15 is 0 Å². The first kappa shape index (κ1) is 15.8. The van der Waals surface area contributed by atoms with Gasteiger partial charge in [0.15, 0.2) is 0 Å². The van der Waals surface area contributed by atoms with E-state index < -0.39 is 0 Å².